The van der Waals surface area contributed by atoms with Gasteiger partial charge < -0.3 is 10.2 Å². The first-order valence-corrected chi connectivity index (χ1v) is 7.62. The van der Waals surface area contributed by atoms with E-state index in [1.165, 1.54) is 48.5 Å². The Kier molecular flexibility index (Phi) is 6.26. The van der Waals surface area contributed by atoms with Crippen molar-refractivity contribution >= 4 is 29.8 Å². The lowest BCUT2D eigenvalue weighted by atomic mass is 10.1. The van der Waals surface area contributed by atoms with Crippen molar-refractivity contribution in [1.82, 2.24) is 21.7 Å². The third-order valence-electron chi connectivity index (χ3n) is 3.38. The molecule has 0 fully saturated rings. The maximum absolute atomic E-state index is 12.0. The number of hydrogen-bond donors (Lipinski definition) is 6. The highest BCUT2D eigenvalue weighted by molar-refractivity contribution is 6.06. The van der Waals surface area contributed by atoms with Crippen LogP contribution in [0.2, 0.25) is 0 Å². The normalized spacial score (nSPS) is 9.71. The summed E-state index contributed by atoms with van der Waals surface area (Å²) in [6.45, 7) is 0. The molecule has 0 radical (unpaired) electrons. The van der Waals surface area contributed by atoms with Gasteiger partial charge in [0.25, 0.3) is 11.8 Å². The van der Waals surface area contributed by atoms with E-state index in [0.29, 0.717) is 0 Å². The molecule has 6 N–H and O–H groups in total. The first-order chi connectivity index (χ1) is 13.3. The van der Waals surface area contributed by atoms with Crippen molar-refractivity contribution in [2.75, 3.05) is 0 Å². The third-order valence-corrected chi connectivity index (χ3v) is 3.38. The summed E-state index contributed by atoms with van der Waals surface area (Å²) < 4.78 is 0. The van der Waals surface area contributed by atoms with Crippen molar-refractivity contribution in [2.24, 2.45) is 0 Å². The smallest absolute Gasteiger partial charge is 0.352 e. The number of benzene rings is 2. The Hall–Kier alpha value is -4.41. The molecule has 0 aromatic heterocycles. The summed E-state index contributed by atoms with van der Waals surface area (Å²) in [6.07, 6.45) is 0. The van der Waals surface area contributed by atoms with E-state index in [1.807, 2.05) is 21.7 Å². The number of carbonyl (C=O) groups excluding carboxylic acids is 3. The van der Waals surface area contributed by atoms with Crippen molar-refractivity contribution in [3.63, 3.8) is 0 Å². The Morgan fingerprint density at radius 3 is 1.18 bits per heavy atom. The van der Waals surface area contributed by atoms with Crippen LogP contribution in [0.5, 0.6) is 0 Å². The number of aromatic carboxylic acids is 2. The summed E-state index contributed by atoms with van der Waals surface area (Å²) in [6, 6.07) is 9.65. The van der Waals surface area contributed by atoms with Crippen molar-refractivity contribution in [2.45, 2.75) is 0 Å². The largest absolute Gasteiger partial charge is 0.478 e. The molecule has 2 rings (SSSR count). The zero-order valence-corrected chi connectivity index (χ0v) is 14.1. The first-order valence-electron chi connectivity index (χ1n) is 7.62. The van der Waals surface area contributed by atoms with Gasteiger partial charge in [0.1, 0.15) is 0 Å². The van der Waals surface area contributed by atoms with Crippen molar-refractivity contribution in [3.05, 3.63) is 70.8 Å². The van der Waals surface area contributed by atoms with Gasteiger partial charge in [-0.05, 0) is 24.3 Å². The molecule has 0 spiro atoms. The van der Waals surface area contributed by atoms with E-state index in [0.717, 1.165) is 0 Å². The molecule has 0 aliphatic carbocycles. The molecule has 28 heavy (non-hydrogen) atoms. The van der Waals surface area contributed by atoms with Gasteiger partial charge in [0.15, 0.2) is 0 Å². The zero-order valence-electron chi connectivity index (χ0n) is 14.1. The van der Waals surface area contributed by atoms with Gasteiger partial charge in [0, 0.05) is 0 Å². The van der Waals surface area contributed by atoms with E-state index in [2.05, 4.69) is 0 Å². The van der Waals surface area contributed by atoms with Crippen LogP contribution in [0.3, 0.4) is 0 Å². The van der Waals surface area contributed by atoms with E-state index in [1.54, 1.807) is 0 Å². The highest BCUT2D eigenvalue weighted by Crippen LogP contribution is 2.09. The molecule has 11 heteroatoms. The van der Waals surface area contributed by atoms with Crippen molar-refractivity contribution in [3.8, 4) is 0 Å². The van der Waals surface area contributed by atoms with Crippen LogP contribution in [0.4, 0.5) is 4.79 Å². The van der Waals surface area contributed by atoms with E-state index in [-0.39, 0.29) is 22.3 Å². The van der Waals surface area contributed by atoms with Gasteiger partial charge in [-0.2, -0.15) is 0 Å². The topological polar surface area (TPSA) is 174 Å². The number of carboxylic acids is 2. The maximum Gasteiger partial charge on any atom is 0.352 e. The number of nitrogens with one attached hydrogen (secondary N) is 4. The summed E-state index contributed by atoms with van der Waals surface area (Å²) in [4.78, 5) is 57.8. The second-order valence-corrected chi connectivity index (χ2v) is 5.19. The third kappa shape index (κ3) is 4.82. The fourth-order valence-electron chi connectivity index (χ4n) is 2.13. The number of urea groups is 1. The van der Waals surface area contributed by atoms with Gasteiger partial charge in [0.2, 0.25) is 0 Å². The molecule has 11 nitrogen and oxygen atoms in total. The molecular formula is C17H14N4O7. The predicted octanol–water partition coefficient (Wildman–Crippen LogP) is 0.372. The number of rotatable bonds is 4. The molecule has 0 atom stereocenters. The number of carbonyl (C=O) groups is 5. The molecule has 0 saturated heterocycles. The average Bonchev–Trinajstić information content (AvgIpc) is 2.70. The quantitative estimate of drug-likeness (QED) is 0.412. The molecular weight excluding hydrogens is 372 g/mol. The van der Waals surface area contributed by atoms with E-state index in [9.17, 15) is 24.0 Å². The van der Waals surface area contributed by atoms with Crippen LogP contribution in [0.1, 0.15) is 41.4 Å². The molecule has 0 unspecified atom stereocenters. The minimum Gasteiger partial charge on any atom is -0.478 e. The highest BCUT2D eigenvalue weighted by Gasteiger charge is 2.18. The van der Waals surface area contributed by atoms with E-state index in [4.69, 9.17) is 10.2 Å². The van der Waals surface area contributed by atoms with Crippen molar-refractivity contribution in [1.29, 1.82) is 0 Å². The Bertz CT molecular complexity index is 883. The van der Waals surface area contributed by atoms with Crippen LogP contribution in [0.25, 0.3) is 0 Å². The fourth-order valence-corrected chi connectivity index (χ4v) is 2.13. The summed E-state index contributed by atoms with van der Waals surface area (Å²) in [5, 5.41) is 18.1. The highest BCUT2D eigenvalue weighted by atomic mass is 16.4. The lowest BCUT2D eigenvalue weighted by Gasteiger charge is -2.11. The number of carboxylic acid groups (broad SMARTS) is 2. The van der Waals surface area contributed by atoms with Crippen LogP contribution < -0.4 is 21.7 Å². The van der Waals surface area contributed by atoms with Gasteiger partial charge in [-0.1, -0.05) is 24.3 Å². The van der Waals surface area contributed by atoms with Gasteiger partial charge in [-0.3, -0.25) is 20.4 Å². The number of hydrazine groups is 2. The molecule has 0 aliphatic heterocycles. The lowest BCUT2D eigenvalue weighted by Crippen LogP contribution is -2.52. The minimum absolute atomic E-state index is 0.185. The van der Waals surface area contributed by atoms with Gasteiger partial charge in [-0.15, -0.1) is 0 Å². The minimum atomic E-state index is -1.32. The second-order valence-electron chi connectivity index (χ2n) is 5.19. The van der Waals surface area contributed by atoms with Crippen LogP contribution in [0, 0.1) is 0 Å². The Labute approximate surface area is 157 Å². The van der Waals surface area contributed by atoms with Gasteiger partial charge >= 0.3 is 18.0 Å². The van der Waals surface area contributed by atoms with Crippen LogP contribution in [-0.4, -0.2) is 40.0 Å². The fraction of sp³-hybridized carbons (Fsp3) is 0. The lowest BCUT2D eigenvalue weighted by molar-refractivity contribution is 0.0682. The number of amides is 4. The summed E-state index contributed by atoms with van der Waals surface area (Å²) in [5.41, 5.74) is 6.89. The monoisotopic (exact) mass is 386 g/mol. The van der Waals surface area contributed by atoms with Crippen molar-refractivity contribution < 1.29 is 34.2 Å². The van der Waals surface area contributed by atoms with E-state index < -0.39 is 29.8 Å². The molecule has 144 valence electrons. The molecule has 0 bridgehead atoms. The van der Waals surface area contributed by atoms with Gasteiger partial charge in [0.05, 0.1) is 22.3 Å². The van der Waals surface area contributed by atoms with Crippen LogP contribution in [-0.2, 0) is 0 Å². The standard InChI is InChI=1S/C17H14N4O7/c22-13(9-5-1-3-7-11(9)15(24)25)18-20-17(28)21-19-14(23)10-6-2-4-8-12(10)16(26)27/h1-8H,(H,18,22)(H,19,23)(H,24,25)(H,26,27)(H2,20,21,28). The van der Waals surface area contributed by atoms with Crippen LogP contribution in [0.15, 0.2) is 48.5 Å². The Morgan fingerprint density at radius 1 is 0.536 bits per heavy atom. The molecule has 0 aliphatic rings. The Morgan fingerprint density at radius 2 is 0.857 bits per heavy atom. The molecule has 0 saturated carbocycles. The second kappa shape index (κ2) is 8.80. The van der Waals surface area contributed by atoms with Crippen LogP contribution >= 0.6 is 0 Å². The average molecular weight is 386 g/mol. The molecule has 2 aromatic carbocycles. The molecule has 4 amide bonds. The molecule has 2 aromatic rings. The summed E-state index contributed by atoms with van der Waals surface area (Å²) >= 11 is 0. The van der Waals surface area contributed by atoms with E-state index >= 15 is 0 Å². The predicted molar refractivity (Wildman–Crippen MR) is 93.4 cm³/mol. The molecule has 0 heterocycles. The first kappa shape index (κ1) is 19.9. The zero-order chi connectivity index (χ0) is 20.7. The SMILES string of the molecule is O=C(NNC(=O)c1ccccc1C(=O)O)NNC(=O)c1ccccc1C(=O)O. The van der Waals surface area contributed by atoms with Gasteiger partial charge in [-0.25, -0.2) is 25.2 Å². The Balaban J connectivity index is 1.92. The summed E-state index contributed by atoms with van der Waals surface area (Å²) in [7, 11) is 0. The number of hydrogen-bond acceptors (Lipinski definition) is 5. The summed E-state index contributed by atoms with van der Waals surface area (Å²) in [5.74, 6) is -4.43. The maximum atomic E-state index is 12.0.